The summed E-state index contributed by atoms with van der Waals surface area (Å²) in [4.78, 5) is 14.6. The van der Waals surface area contributed by atoms with Crippen molar-refractivity contribution in [1.82, 2.24) is 4.90 Å². The maximum absolute atomic E-state index is 12.5. The molecule has 0 saturated carbocycles. The molecule has 2 atom stereocenters. The Balaban J connectivity index is 2.58. The van der Waals surface area contributed by atoms with E-state index in [-0.39, 0.29) is 5.92 Å². The smallest absolute Gasteiger partial charge is 0.225 e. The topological polar surface area (TPSA) is 20.3 Å². The highest BCUT2D eigenvalue weighted by Gasteiger charge is 2.27. The molecule has 1 amide bonds. The maximum atomic E-state index is 12.5. The van der Waals surface area contributed by atoms with Gasteiger partial charge in [-0.3, -0.25) is 4.79 Å². The first-order valence-electron chi connectivity index (χ1n) is 7.54. The van der Waals surface area contributed by atoms with E-state index in [0.29, 0.717) is 11.8 Å². The molecule has 0 fully saturated rings. The van der Waals surface area contributed by atoms with Crippen LogP contribution in [-0.4, -0.2) is 23.9 Å². The Morgan fingerprint density at radius 2 is 2.00 bits per heavy atom. The fraction of sp³-hybridized carbons (Fsp3) is 0.812. The molecule has 2 nitrogen and oxygen atoms in total. The van der Waals surface area contributed by atoms with Crippen molar-refractivity contribution in [2.45, 2.75) is 59.8 Å². The summed E-state index contributed by atoms with van der Waals surface area (Å²) >= 11 is 0. The van der Waals surface area contributed by atoms with E-state index in [1.165, 1.54) is 18.4 Å². The van der Waals surface area contributed by atoms with Gasteiger partial charge in [-0.2, -0.15) is 0 Å². The van der Waals surface area contributed by atoms with Crippen molar-refractivity contribution in [3.05, 3.63) is 11.6 Å². The van der Waals surface area contributed by atoms with E-state index in [2.05, 4.69) is 38.7 Å². The molecule has 2 heteroatoms. The third-order valence-corrected chi connectivity index (χ3v) is 4.07. The van der Waals surface area contributed by atoms with Gasteiger partial charge in [0.25, 0.3) is 0 Å². The molecule has 1 rings (SSSR count). The van der Waals surface area contributed by atoms with Gasteiger partial charge < -0.3 is 4.90 Å². The summed E-state index contributed by atoms with van der Waals surface area (Å²) in [7, 11) is 0. The molecule has 0 spiro atoms. The van der Waals surface area contributed by atoms with Crippen LogP contribution in [0.2, 0.25) is 0 Å². The van der Waals surface area contributed by atoms with E-state index in [1.807, 2.05) is 0 Å². The second-order valence-corrected chi connectivity index (χ2v) is 5.70. The summed E-state index contributed by atoms with van der Waals surface area (Å²) in [6, 6.07) is 0. The van der Waals surface area contributed by atoms with E-state index in [1.54, 1.807) is 0 Å². The predicted molar refractivity (Wildman–Crippen MR) is 77.4 cm³/mol. The van der Waals surface area contributed by atoms with Gasteiger partial charge in [0, 0.05) is 19.0 Å². The number of allylic oxidation sites excluding steroid dienone is 2. The van der Waals surface area contributed by atoms with Gasteiger partial charge in [-0.05, 0) is 44.9 Å². The van der Waals surface area contributed by atoms with E-state index in [4.69, 9.17) is 0 Å². The van der Waals surface area contributed by atoms with Crippen LogP contribution in [0.1, 0.15) is 59.8 Å². The van der Waals surface area contributed by atoms with Gasteiger partial charge in [-0.1, -0.05) is 32.4 Å². The van der Waals surface area contributed by atoms with Crippen LogP contribution < -0.4 is 0 Å². The zero-order valence-corrected chi connectivity index (χ0v) is 12.5. The summed E-state index contributed by atoms with van der Waals surface area (Å²) in [5, 5.41) is 0. The summed E-state index contributed by atoms with van der Waals surface area (Å²) in [5.74, 6) is 1.11. The lowest BCUT2D eigenvalue weighted by molar-refractivity contribution is -0.137. The van der Waals surface area contributed by atoms with Crippen LogP contribution in [0.3, 0.4) is 0 Å². The molecular weight excluding hydrogens is 222 g/mol. The van der Waals surface area contributed by atoms with Crippen molar-refractivity contribution < 1.29 is 4.79 Å². The molecule has 18 heavy (non-hydrogen) atoms. The fourth-order valence-electron chi connectivity index (χ4n) is 2.80. The zero-order valence-electron chi connectivity index (χ0n) is 12.5. The first-order valence-corrected chi connectivity index (χ1v) is 7.54. The van der Waals surface area contributed by atoms with Crippen LogP contribution in [0.15, 0.2) is 11.6 Å². The Labute approximate surface area is 112 Å². The van der Waals surface area contributed by atoms with Gasteiger partial charge in [0.05, 0.1) is 0 Å². The minimum absolute atomic E-state index is 0.187. The Morgan fingerprint density at radius 1 is 1.39 bits per heavy atom. The third-order valence-electron chi connectivity index (χ3n) is 4.07. The van der Waals surface area contributed by atoms with Crippen LogP contribution in [0.4, 0.5) is 0 Å². The third kappa shape index (κ3) is 4.15. The first-order chi connectivity index (χ1) is 8.60. The monoisotopic (exact) mass is 251 g/mol. The van der Waals surface area contributed by atoms with Crippen molar-refractivity contribution in [2.24, 2.45) is 11.8 Å². The largest absolute Gasteiger partial charge is 0.342 e. The summed E-state index contributed by atoms with van der Waals surface area (Å²) in [6.07, 6.45) is 7.88. The van der Waals surface area contributed by atoms with Crippen molar-refractivity contribution in [1.29, 1.82) is 0 Å². The Hall–Kier alpha value is -0.790. The van der Waals surface area contributed by atoms with Crippen LogP contribution in [0.25, 0.3) is 0 Å². The number of rotatable bonds is 6. The molecule has 0 heterocycles. The summed E-state index contributed by atoms with van der Waals surface area (Å²) < 4.78 is 0. The van der Waals surface area contributed by atoms with Gasteiger partial charge in [0.2, 0.25) is 5.91 Å². The number of amides is 1. The molecule has 0 aromatic heterocycles. The van der Waals surface area contributed by atoms with E-state index >= 15 is 0 Å². The van der Waals surface area contributed by atoms with Crippen LogP contribution >= 0.6 is 0 Å². The van der Waals surface area contributed by atoms with E-state index in [9.17, 15) is 4.79 Å². The van der Waals surface area contributed by atoms with Gasteiger partial charge in [-0.15, -0.1) is 0 Å². The molecule has 0 N–H and O–H groups in total. The molecule has 0 saturated heterocycles. The average molecular weight is 251 g/mol. The van der Waals surface area contributed by atoms with Gasteiger partial charge in [0.1, 0.15) is 0 Å². The Morgan fingerprint density at radius 3 is 2.44 bits per heavy atom. The second kappa shape index (κ2) is 7.60. The number of carbonyl (C=O) groups excluding carboxylic acids is 1. The number of hydrogen-bond donors (Lipinski definition) is 0. The quantitative estimate of drug-likeness (QED) is 0.653. The van der Waals surface area contributed by atoms with Crippen LogP contribution in [0.5, 0.6) is 0 Å². The SMILES string of the molecule is CCCN(CCC)C(=O)C(C)C1CC=C(C)CC1. The van der Waals surface area contributed by atoms with E-state index < -0.39 is 0 Å². The number of carbonyl (C=O) groups is 1. The Kier molecular flexibility index (Phi) is 6.45. The summed E-state index contributed by atoms with van der Waals surface area (Å²) in [6.45, 7) is 10.4. The van der Waals surface area contributed by atoms with Gasteiger partial charge >= 0.3 is 0 Å². The number of hydrogen-bond acceptors (Lipinski definition) is 1. The van der Waals surface area contributed by atoms with Gasteiger partial charge in [0.15, 0.2) is 0 Å². The zero-order chi connectivity index (χ0) is 13.5. The number of nitrogens with zero attached hydrogens (tertiary/aromatic N) is 1. The molecular formula is C16H29NO. The lowest BCUT2D eigenvalue weighted by Crippen LogP contribution is -2.39. The molecule has 2 unspecified atom stereocenters. The molecule has 0 bridgehead atoms. The van der Waals surface area contributed by atoms with Crippen molar-refractivity contribution in [3.63, 3.8) is 0 Å². The molecule has 104 valence electrons. The van der Waals surface area contributed by atoms with Crippen LogP contribution in [-0.2, 0) is 4.79 Å². The molecule has 0 aliphatic heterocycles. The highest BCUT2D eigenvalue weighted by atomic mass is 16.2. The molecule has 0 aromatic rings. The highest BCUT2D eigenvalue weighted by molar-refractivity contribution is 5.78. The van der Waals surface area contributed by atoms with Crippen molar-refractivity contribution in [2.75, 3.05) is 13.1 Å². The maximum Gasteiger partial charge on any atom is 0.225 e. The lowest BCUT2D eigenvalue weighted by Gasteiger charge is -2.31. The Bertz CT molecular complexity index is 289. The molecule has 0 aromatic carbocycles. The predicted octanol–water partition coefficient (Wildman–Crippen LogP) is 4.02. The van der Waals surface area contributed by atoms with Crippen LogP contribution in [0, 0.1) is 11.8 Å². The minimum atomic E-state index is 0.187. The highest BCUT2D eigenvalue weighted by Crippen LogP contribution is 2.30. The normalized spacial score (nSPS) is 21.3. The second-order valence-electron chi connectivity index (χ2n) is 5.70. The molecule has 1 aliphatic carbocycles. The van der Waals surface area contributed by atoms with Gasteiger partial charge in [-0.25, -0.2) is 0 Å². The average Bonchev–Trinajstić information content (AvgIpc) is 2.38. The van der Waals surface area contributed by atoms with E-state index in [0.717, 1.165) is 32.4 Å². The first kappa shape index (κ1) is 15.3. The molecule has 0 radical (unpaired) electrons. The van der Waals surface area contributed by atoms with Crippen molar-refractivity contribution >= 4 is 5.91 Å². The lowest BCUT2D eigenvalue weighted by atomic mass is 9.81. The standard InChI is InChI=1S/C16H29NO/c1-5-11-17(12-6-2)16(18)14(4)15-9-7-13(3)8-10-15/h7,14-15H,5-6,8-12H2,1-4H3. The summed E-state index contributed by atoms with van der Waals surface area (Å²) in [5.41, 5.74) is 1.49. The molecule has 1 aliphatic rings. The van der Waals surface area contributed by atoms with Crippen molar-refractivity contribution in [3.8, 4) is 0 Å². The minimum Gasteiger partial charge on any atom is -0.342 e. The fourth-order valence-corrected chi connectivity index (χ4v) is 2.80.